The fourth-order valence-corrected chi connectivity index (χ4v) is 6.94. The molecule has 3 heterocycles. The molecular weight excluding hydrogens is 324 g/mol. The molecule has 0 unspecified atom stereocenters. The first-order valence-electron chi connectivity index (χ1n) is 9.60. The van der Waals surface area contributed by atoms with Gasteiger partial charge in [0.2, 0.25) is 0 Å². The van der Waals surface area contributed by atoms with E-state index in [1.165, 1.54) is 0 Å². The van der Waals surface area contributed by atoms with Gasteiger partial charge >= 0.3 is 11.9 Å². The molecule has 5 rings (SSSR count). The largest absolute Gasteiger partial charge is 0.465 e. The van der Waals surface area contributed by atoms with Crippen molar-refractivity contribution >= 4 is 11.9 Å². The van der Waals surface area contributed by atoms with Gasteiger partial charge in [-0.25, -0.2) is 4.79 Å². The van der Waals surface area contributed by atoms with E-state index in [2.05, 4.69) is 0 Å². The highest BCUT2D eigenvalue weighted by molar-refractivity contribution is 5.82. The molecule has 138 valence electrons. The minimum atomic E-state index is -0.823. The van der Waals surface area contributed by atoms with E-state index < -0.39 is 28.1 Å². The van der Waals surface area contributed by atoms with Crippen LogP contribution in [0.2, 0.25) is 0 Å². The first kappa shape index (κ1) is 16.1. The van der Waals surface area contributed by atoms with Crippen molar-refractivity contribution < 1.29 is 28.9 Å². The van der Waals surface area contributed by atoms with Crippen LogP contribution < -0.4 is 0 Å². The maximum Gasteiger partial charge on any atom is 0.338 e. The second-order valence-corrected chi connectivity index (χ2v) is 9.06. The number of hydrogen-bond acceptors (Lipinski definition) is 6. The van der Waals surface area contributed by atoms with Gasteiger partial charge < -0.3 is 19.3 Å². The maximum absolute atomic E-state index is 12.6. The molecule has 6 heteroatoms. The summed E-state index contributed by atoms with van der Waals surface area (Å²) in [6.45, 7) is 2.67. The normalized spacial score (nSPS) is 54.5. The van der Waals surface area contributed by atoms with Gasteiger partial charge in [0.1, 0.15) is 6.61 Å². The summed E-state index contributed by atoms with van der Waals surface area (Å²) in [4.78, 5) is 24.9. The van der Waals surface area contributed by atoms with Gasteiger partial charge in [-0.2, -0.15) is 0 Å². The van der Waals surface area contributed by atoms with E-state index in [1.54, 1.807) is 0 Å². The van der Waals surface area contributed by atoms with Crippen molar-refractivity contribution in [2.24, 2.45) is 16.7 Å². The molecule has 2 saturated carbocycles. The highest BCUT2D eigenvalue weighted by Crippen LogP contribution is 2.68. The summed E-state index contributed by atoms with van der Waals surface area (Å²) in [5.41, 5.74) is -2.36. The van der Waals surface area contributed by atoms with Crippen LogP contribution in [0, 0.1) is 16.7 Å². The second kappa shape index (κ2) is 4.77. The topological polar surface area (TPSA) is 82.1 Å². The van der Waals surface area contributed by atoms with Crippen LogP contribution in [0.3, 0.4) is 0 Å². The van der Waals surface area contributed by atoms with Crippen LogP contribution in [0.4, 0.5) is 0 Å². The van der Waals surface area contributed by atoms with E-state index >= 15 is 0 Å². The molecule has 6 atom stereocenters. The van der Waals surface area contributed by atoms with Crippen molar-refractivity contribution in [3.63, 3.8) is 0 Å². The van der Waals surface area contributed by atoms with Crippen LogP contribution in [0.1, 0.15) is 58.3 Å². The number of hydrogen-bond donors (Lipinski definition) is 1. The second-order valence-electron chi connectivity index (χ2n) is 9.06. The Morgan fingerprint density at radius 3 is 2.60 bits per heavy atom. The predicted octanol–water partition coefficient (Wildman–Crippen LogP) is 1.73. The standard InChI is InChI=1S/C19H26O6/c1-16-4-2-5-17(11-24-14(16)21)13(16)12(20)3-6-19(17)8-7-18(25-19)9-10-23-15(18)22/h12-13,20H,2-11H2,1H3/t12-,13+,16+,17-,18-,19+/m1/s1. The quantitative estimate of drug-likeness (QED) is 0.670. The van der Waals surface area contributed by atoms with Crippen LogP contribution >= 0.6 is 0 Å². The van der Waals surface area contributed by atoms with Crippen LogP contribution in [0.15, 0.2) is 0 Å². The van der Waals surface area contributed by atoms with E-state index in [0.717, 1.165) is 25.7 Å². The Bertz CT molecular complexity index is 648. The number of carbonyl (C=O) groups is 2. The fourth-order valence-electron chi connectivity index (χ4n) is 6.94. The Hall–Kier alpha value is -1.14. The Labute approximate surface area is 147 Å². The fraction of sp³-hybridized carbons (Fsp3) is 0.895. The molecule has 25 heavy (non-hydrogen) atoms. The summed E-state index contributed by atoms with van der Waals surface area (Å²) >= 11 is 0. The minimum absolute atomic E-state index is 0.156. The Kier molecular flexibility index (Phi) is 3.06. The van der Waals surface area contributed by atoms with Gasteiger partial charge in [-0.3, -0.25) is 4.79 Å². The number of aliphatic hydroxyl groups excluding tert-OH is 1. The molecule has 0 aromatic carbocycles. The molecule has 3 aliphatic heterocycles. The van der Waals surface area contributed by atoms with Gasteiger partial charge in [0, 0.05) is 17.8 Å². The van der Waals surface area contributed by atoms with Crippen molar-refractivity contribution in [3.05, 3.63) is 0 Å². The summed E-state index contributed by atoms with van der Waals surface area (Å²) < 4.78 is 17.5. The third-order valence-corrected chi connectivity index (χ3v) is 8.10. The average Bonchev–Trinajstić information content (AvgIpc) is 3.14. The Balaban J connectivity index is 1.61. The summed E-state index contributed by atoms with van der Waals surface area (Å²) in [5, 5.41) is 10.9. The molecule has 0 radical (unpaired) electrons. The lowest BCUT2D eigenvalue weighted by Crippen LogP contribution is -2.71. The first-order valence-corrected chi connectivity index (χ1v) is 9.60. The number of esters is 2. The van der Waals surface area contributed by atoms with Gasteiger partial charge in [-0.05, 0) is 45.4 Å². The smallest absolute Gasteiger partial charge is 0.338 e. The molecule has 0 amide bonds. The van der Waals surface area contributed by atoms with Crippen molar-refractivity contribution in [3.8, 4) is 0 Å². The van der Waals surface area contributed by atoms with E-state index in [1.807, 2.05) is 6.92 Å². The van der Waals surface area contributed by atoms with Crippen molar-refractivity contribution in [2.75, 3.05) is 13.2 Å². The molecule has 1 N–H and O–H groups in total. The third kappa shape index (κ3) is 1.73. The molecule has 2 aliphatic carbocycles. The number of ether oxygens (including phenoxy) is 3. The van der Waals surface area contributed by atoms with E-state index in [4.69, 9.17) is 14.2 Å². The lowest BCUT2D eigenvalue weighted by atomic mass is 9.43. The summed E-state index contributed by atoms with van der Waals surface area (Å²) in [6, 6.07) is 0. The molecule has 2 spiro atoms. The molecule has 2 bridgehead atoms. The van der Waals surface area contributed by atoms with Gasteiger partial charge in [0.15, 0.2) is 5.60 Å². The molecule has 0 aromatic heterocycles. The van der Waals surface area contributed by atoms with Gasteiger partial charge in [0.05, 0.1) is 23.7 Å². The lowest BCUT2D eigenvalue weighted by molar-refractivity contribution is -0.287. The number of cyclic esters (lactones) is 2. The zero-order chi connectivity index (χ0) is 17.5. The van der Waals surface area contributed by atoms with Gasteiger partial charge in [-0.15, -0.1) is 0 Å². The SMILES string of the molecule is C[C@@]12CCC[C@@]3(COC1=O)[C@H]2[C@H](O)CC[C@]31CC[C@]2(CCOC2=O)O1. The molecular formula is C19H26O6. The summed E-state index contributed by atoms with van der Waals surface area (Å²) in [6.07, 6.45) is 5.42. The minimum Gasteiger partial charge on any atom is -0.465 e. The predicted molar refractivity (Wildman–Crippen MR) is 85.4 cm³/mol. The highest BCUT2D eigenvalue weighted by Gasteiger charge is 2.74. The van der Waals surface area contributed by atoms with Crippen LogP contribution in [-0.4, -0.2) is 47.6 Å². The zero-order valence-corrected chi connectivity index (χ0v) is 14.7. The summed E-state index contributed by atoms with van der Waals surface area (Å²) in [7, 11) is 0. The zero-order valence-electron chi connectivity index (χ0n) is 14.7. The highest BCUT2D eigenvalue weighted by atomic mass is 16.6. The number of aliphatic hydroxyl groups is 1. The lowest BCUT2D eigenvalue weighted by Gasteiger charge is -2.65. The average molecular weight is 350 g/mol. The number of carbonyl (C=O) groups excluding carboxylic acids is 2. The molecule has 6 nitrogen and oxygen atoms in total. The third-order valence-electron chi connectivity index (χ3n) is 8.10. The Morgan fingerprint density at radius 2 is 1.84 bits per heavy atom. The Morgan fingerprint density at radius 1 is 1.00 bits per heavy atom. The van der Waals surface area contributed by atoms with Crippen LogP contribution in [0.5, 0.6) is 0 Å². The van der Waals surface area contributed by atoms with Crippen LogP contribution in [0.25, 0.3) is 0 Å². The van der Waals surface area contributed by atoms with Gasteiger partial charge in [-0.1, -0.05) is 6.42 Å². The number of rotatable bonds is 0. The van der Waals surface area contributed by atoms with E-state index in [-0.39, 0.29) is 17.9 Å². The van der Waals surface area contributed by atoms with Gasteiger partial charge in [0.25, 0.3) is 0 Å². The van der Waals surface area contributed by atoms with Crippen molar-refractivity contribution in [1.82, 2.24) is 0 Å². The first-order chi connectivity index (χ1) is 11.9. The van der Waals surface area contributed by atoms with E-state index in [9.17, 15) is 14.7 Å². The molecule has 5 fully saturated rings. The summed E-state index contributed by atoms with van der Waals surface area (Å²) in [5.74, 6) is -0.581. The van der Waals surface area contributed by atoms with Crippen LogP contribution in [-0.2, 0) is 23.8 Å². The van der Waals surface area contributed by atoms with E-state index in [0.29, 0.717) is 38.9 Å². The van der Waals surface area contributed by atoms with Crippen molar-refractivity contribution in [2.45, 2.75) is 75.6 Å². The maximum atomic E-state index is 12.6. The molecule has 0 aromatic rings. The van der Waals surface area contributed by atoms with Crippen molar-refractivity contribution in [1.29, 1.82) is 0 Å². The molecule has 3 saturated heterocycles. The monoisotopic (exact) mass is 350 g/mol. The molecule has 5 aliphatic rings.